The second-order valence-electron chi connectivity index (χ2n) is 4.33. The van der Waals surface area contributed by atoms with Crippen LogP contribution in [0.25, 0.3) is 0 Å². The van der Waals surface area contributed by atoms with Crippen LogP contribution >= 0.6 is 0 Å². The molecule has 17 heavy (non-hydrogen) atoms. The molecule has 0 radical (unpaired) electrons. The monoisotopic (exact) mass is 234 g/mol. The zero-order chi connectivity index (χ0) is 12.9. The number of aryl methyl sites for hydroxylation is 1. The summed E-state index contributed by atoms with van der Waals surface area (Å²) >= 11 is 0. The maximum Gasteiger partial charge on any atom is 0.244 e. The minimum Gasteiger partial charge on any atom is -0.324 e. The third-order valence-corrected chi connectivity index (χ3v) is 3.36. The van der Waals surface area contributed by atoms with Crippen molar-refractivity contribution >= 4 is 11.6 Å². The molecule has 1 amide bonds. The minimum absolute atomic E-state index is 0.0941. The van der Waals surface area contributed by atoms with Crippen molar-refractivity contribution in [3.8, 4) is 0 Å². The highest BCUT2D eigenvalue weighted by molar-refractivity contribution is 5.98. The van der Waals surface area contributed by atoms with Gasteiger partial charge in [0.2, 0.25) is 5.91 Å². The summed E-state index contributed by atoms with van der Waals surface area (Å²) in [6, 6.07) is 7.84. The number of hydrogen-bond acceptors (Lipinski definition) is 2. The third-order valence-electron chi connectivity index (χ3n) is 3.36. The van der Waals surface area contributed by atoms with E-state index in [1.165, 1.54) is 0 Å². The molecule has 0 fully saturated rings. The van der Waals surface area contributed by atoms with Crippen LogP contribution in [-0.2, 0) is 11.2 Å². The van der Waals surface area contributed by atoms with E-state index in [-0.39, 0.29) is 5.91 Å². The first-order valence-corrected chi connectivity index (χ1v) is 6.25. The lowest BCUT2D eigenvalue weighted by Crippen LogP contribution is -2.50. The highest BCUT2D eigenvalue weighted by Crippen LogP contribution is 2.19. The summed E-state index contributed by atoms with van der Waals surface area (Å²) in [4.78, 5) is 12.1. The number of benzene rings is 1. The SMILES string of the molecule is CCc1ccccc1NC(=O)C(N)(CC)CC. The fraction of sp³-hybridized carbons (Fsp3) is 0.500. The van der Waals surface area contributed by atoms with E-state index in [2.05, 4.69) is 12.2 Å². The van der Waals surface area contributed by atoms with Crippen molar-refractivity contribution in [1.29, 1.82) is 0 Å². The van der Waals surface area contributed by atoms with Gasteiger partial charge in [0.05, 0.1) is 5.54 Å². The topological polar surface area (TPSA) is 55.1 Å². The largest absolute Gasteiger partial charge is 0.324 e. The summed E-state index contributed by atoms with van der Waals surface area (Å²) in [5.41, 5.74) is 7.31. The molecule has 0 bridgehead atoms. The van der Waals surface area contributed by atoms with E-state index < -0.39 is 5.54 Å². The van der Waals surface area contributed by atoms with Crippen molar-refractivity contribution < 1.29 is 4.79 Å². The molecule has 3 N–H and O–H groups in total. The summed E-state index contributed by atoms with van der Waals surface area (Å²) in [5.74, 6) is -0.0941. The zero-order valence-electron chi connectivity index (χ0n) is 10.9. The molecule has 0 saturated heterocycles. The van der Waals surface area contributed by atoms with E-state index in [4.69, 9.17) is 5.73 Å². The van der Waals surface area contributed by atoms with Gasteiger partial charge in [0.1, 0.15) is 0 Å². The van der Waals surface area contributed by atoms with Crippen molar-refractivity contribution in [2.75, 3.05) is 5.32 Å². The molecule has 0 atom stereocenters. The summed E-state index contributed by atoms with van der Waals surface area (Å²) in [6.07, 6.45) is 2.18. The van der Waals surface area contributed by atoms with E-state index in [1.54, 1.807) is 0 Å². The Bertz CT molecular complexity index is 384. The maximum absolute atomic E-state index is 12.1. The van der Waals surface area contributed by atoms with Gasteiger partial charge in [-0.2, -0.15) is 0 Å². The van der Waals surface area contributed by atoms with Crippen molar-refractivity contribution in [2.24, 2.45) is 5.73 Å². The van der Waals surface area contributed by atoms with Gasteiger partial charge in [0.25, 0.3) is 0 Å². The van der Waals surface area contributed by atoms with E-state index in [9.17, 15) is 4.79 Å². The van der Waals surface area contributed by atoms with Crippen LogP contribution < -0.4 is 11.1 Å². The standard InChI is InChI=1S/C14H22N2O/c1-4-11-9-7-8-10-12(11)16-13(17)14(15,5-2)6-3/h7-10H,4-6,15H2,1-3H3,(H,16,17). The molecule has 1 rings (SSSR count). The average molecular weight is 234 g/mol. The first-order valence-electron chi connectivity index (χ1n) is 6.25. The summed E-state index contributed by atoms with van der Waals surface area (Å²) in [7, 11) is 0. The number of anilines is 1. The van der Waals surface area contributed by atoms with Crippen LogP contribution in [0.2, 0.25) is 0 Å². The van der Waals surface area contributed by atoms with Gasteiger partial charge in [-0.1, -0.05) is 39.0 Å². The lowest BCUT2D eigenvalue weighted by atomic mass is 9.93. The van der Waals surface area contributed by atoms with Crippen LogP contribution in [0.1, 0.15) is 39.2 Å². The summed E-state index contributed by atoms with van der Waals surface area (Å²) < 4.78 is 0. The smallest absolute Gasteiger partial charge is 0.244 e. The van der Waals surface area contributed by atoms with Gasteiger partial charge >= 0.3 is 0 Å². The molecule has 3 nitrogen and oxygen atoms in total. The van der Waals surface area contributed by atoms with Gasteiger partial charge in [0.15, 0.2) is 0 Å². The lowest BCUT2D eigenvalue weighted by molar-refractivity contribution is -0.121. The molecular weight excluding hydrogens is 212 g/mol. The Morgan fingerprint density at radius 1 is 1.24 bits per heavy atom. The Kier molecular flexibility index (Phi) is 4.70. The predicted octanol–water partition coefficient (Wildman–Crippen LogP) is 2.71. The summed E-state index contributed by atoms with van der Waals surface area (Å²) in [5, 5.41) is 2.94. The van der Waals surface area contributed by atoms with Gasteiger partial charge in [-0.15, -0.1) is 0 Å². The number of hydrogen-bond donors (Lipinski definition) is 2. The molecule has 0 heterocycles. The van der Waals surface area contributed by atoms with E-state index in [0.717, 1.165) is 17.7 Å². The van der Waals surface area contributed by atoms with Crippen LogP contribution in [-0.4, -0.2) is 11.4 Å². The van der Waals surface area contributed by atoms with Crippen LogP contribution in [0.5, 0.6) is 0 Å². The van der Waals surface area contributed by atoms with Crippen LogP contribution in [0, 0.1) is 0 Å². The average Bonchev–Trinajstić information content (AvgIpc) is 2.38. The second kappa shape index (κ2) is 5.82. The van der Waals surface area contributed by atoms with Gasteiger partial charge < -0.3 is 11.1 Å². The molecule has 0 aliphatic carbocycles. The Morgan fingerprint density at radius 2 is 1.82 bits per heavy atom. The first kappa shape index (κ1) is 13.7. The molecule has 1 aromatic carbocycles. The zero-order valence-corrected chi connectivity index (χ0v) is 10.9. The molecule has 0 unspecified atom stereocenters. The Balaban J connectivity index is 2.87. The lowest BCUT2D eigenvalue weighted by Gasteiger charge is -2.25. The van der Waals surface area contributed by atoms with Crippen molar-refractivity contribution in [3.63, 3.8) is 0 Å². The molecule has 3 heteroatoms. The fourth-order valence-corrected chi connectivity index (χ4v) is 1.77. The predicted molar refractivity (Wildman–Crippen MR) is 72.0 cm³/mol. The highest BCUT2D eigenvalue weighted by atomic mass is 16.2. The molecule has 0 aliphatic rings. The number of carbonyl (C=O) groups excluding carboxylic acids is 1. The van der Waals surface area contributed by atoms with E-state index in [1.807, 2.05) is 38.1 Å². The van der Waals surface area contributed by atoms with Gasteiger partial charge in [-0.3, -0.25) is 4.79 Å². The second-order valence-corrected chi connectivity index (χ2v) is 4.33. The first-order chi connectivity index (χ1) is 8.07. The minimum atomic E-state index is -0.763. The Labute approximate surface area is 103 Å². The molecule has 0 saturated carbocycles. The number of rotatable bonds is 5. The number of nitrogens with one attached hydrogen (secondary N) is 1. The number of para-hydroxylation sites is 1. The molecule has 0 aromatic heterocycles. The van der Waals surface area contributed by atoms with E-state index >= 15 is 0 Å². The molecular formula is C14H22N2O. The molecule has 1 aromatic rings. The van der Waals surface area contributed by atoms with Crippen molar-refractivity contribution in [2.45, 2.75) is 45.6 Å². The van der Waals surface area contributed by atoms with Crippen molar-refractivity contribution in [1.82, 2.24) is 0 Å². The van der Waals surface area contributed by atoms with Crippen LogP contribution in [0.15, 0.2) is 24.3 Å². The van der Waals surface area contributed by atoms with Gasteiger partial charge in [-0.25, -0.2) is 0 Å². The maximum atomic E-state index is 12.1. The van der Waals surface area contributed by atoms with Crippen molar-refractivity contribution in [3.05, 3.63) is 29.8 Å². The van der Waals surface area contributed by atoms with Gasteiger partial charge in [0, 0.05) is 5.69 Å². The normalized spacial score (nSPS) is 11.3. The number of carbonyl (C=O) groups is 1. The van der Waals surface area contributed by atoms with E-state index in [0.29, 0.717) is 12.8 Å². The Hall–Kier alpha value is -1.35. The fourth-order valence-electron chi connectivity index (χ4n) is 1.77. The Morgan fingerprint density at radius 3 is 2.35 bits per heavy atom. The molecule has 94 valence electrons. The van der Waals surface area contributed by atoms with Crippen LogP contribution in [0.3, 0.4) is 0 Å². The number of amides is 1. The highest BCUT2D eigenvalue weighted by Gasteiger charge is 2.30. The van der Waals surface area contributed by atoms with Crippen LogP contribution in [0.4, 0.5) is 5.69 Å². The molecule has 0 aliphatic heterocycles. The quantitative estimate of drug-likeness (QED) is 0.823. The molecule has 0 spiro atoms. The third kappa shape index (κ3) is 3.07. The number of nitrogens with two attached hydrogens (primary N) is 1. The van der Waals surface area contributed by atoms with Gasteiger partial charge in [-0.05, 0) is 30.9 Å². The summed E-state index contributed by atoms with van der Waals surface area (Å²) in [6.45, 7) is 5.95.